The van der Waals surface area contributed by atoms with Crippen molar-refractivity contribution in [2.45, 2.75) is 26.1 Å². The topological polar surface area (TPSA) is 43.2 Å². The molecule has 0 aliphatic carbocycles. The van der Waals surface area contributed by atoms with Gasteiger partial charge in [-0.15, -0.1) is 0 Å². The Morgan fingerprint density at radius 1 is 0.636 bits per heavy atom. The molecule has 2 aromatic rings. The first-order chi connectivity index (χ1) is 10.9. The third kappa shape index (κ3) is 6.70. The fraction of sp³-hybridized carbons (Fsp3) is 0.222. The molecule has 0 saturated carbocycles. The number of oxime groups is 2. The molecule has 0 aliphatic rings. The Hall–Kier alpha value is -2.62. The molecule has 0 unspecified atom stereocenters. The lowest BCUT2D eigenvalue weighted by Crippen LogP contribution is -1.88. The smallest absolute Gasteiger partial charge is 0.142 e. The Kier molecular flexibility index (Phi) is 7.28. The molecule has 2 rings (SSSR count). The zero-order valence-corrected chi connectivity index (χ0v) is 12.5. The summed E-state index contributed by atoms with van der Waals surface area (Å²) in [6, 6.07) is 19.9. The summed E-state index contributed by atoms with van der Waals surface area (Å²) >= 11 is 0. The van der Waals surface area contributed by atoms with Crippen LogP contribution < -0.4 is 0 Å². The standard InChI is InChI=1S/C18H20N2O2/c1-3-9-17(10-4-1)15-21-19-13-7-8-14-20-22-16-18-11-5-2-6-12-18/h1-6,9-14H,7-8,15-16H2/b19-13+,20-14+. The fourth-order valence-corrected chi connectivity index (χ4v) is 1.73. The number of hydrogen-bond donors (Lipinski definition) is 0. The van der Waals surface area contributed by atoms with E-state index < -0.39 is 0 Å². The number of nitrogens with zero attached hydrogens (tertiary/aromatic N) is 2. The van der Waals surface area contributed by atoms with Gasteiger partial charge in [-0.05, 0) is 24.0 Å². The molecule has 4 heteroatoms. The first kappa shape index (κ1) is 15.8. The maximum atomic E-state index is 5.20. The van der Waals surface area contributed by atoms with Gasteiger partial charge in [-0.25, -0.2) is 0 Å². The molecule has 22 heavy (non-hydrogen) atoms. The fourth-order valence-electron chi connectivity index (χ4n) is 1.73. The molecule has 4 nitrogen and oxygen atoms in total. The average Bonchev–Trinajstić information content (AvgIpc) is 2.58. The summed E-state index contributed by atoms with van der Waals surface area (Å²) < 4.78 is 0. The highest BCUT2D eigenvalue weighted by Gasteiger charge is 1.90. The molecular weight excluding hydrogens is 276 g/mol. The molecule has 0 N–H and O–H groups in total. The molecule has 0 spiro atoms. The van der Waals surface area contributed by atoms with Gasteiger partial charge >= 0.3 is 0 Å². The summed E-state index contributed by atoms with van der Waals surface area (Å²) in [6.45, 7) is 0.983. The van der Waals surface area contributed by atoms with Crippen LogP contribution in [-0.2, 0) is 22.9 Å². The van der Waals surface area contributed by atoms with E-state index >= 15 is 0 Å². The Morgan fingerprint density at radius 2 is 1.05 bits per heavy atom. The van der Waals surface area contributed by atoms with Crippen LogP contribution in [0.3, 0.4) is 0 Å². The van der Waals surface area contributed by atoms with Crippen molar-refractivity contribution >= 4 is 12.4 Å². The van der Waals surface area contributed by atoms with Crippen LogP contribution in [0.25, 0.3) is 0 Å². The van der Waals surface area contributed by atoms with Crippen molar-refractivity contribution in [2.75, 3.05) is 0 Å². The van der Waals surface area contributed by atoms with Gasteiger partial charge in [0.15, 0.2) is 0 Å². The molecule has 0 saturated heterocycles. The Labute approximate surface area is 131 Å². The van der Waals surface area contributed by atoms with E-state index in [1.807, 2.05) is 60.7 Å². The maximum Gasteiger partial charge on any atom is 0.142 e. The summed E-state index contributed by atoms with van der Waals surface area (Å²) in [5.74, 6) is 0. The van der Waals surface area contributed by atoms with Crippen LogP contribution >= 0.6 is 0 Å². The number of hydrogen-bond acceptors (Lipinski definition) is 4. The van der Waals surface area contributed by atoms with Crippen LogP contribution in [0.4, 0.5) is 0 Å². The third-order valence-corrected chi connectivity index (χ3v) is 2.87. The van der Waals surface area contributed by atoms with E-state index in [4.69, 9.17) is 9.68 Å². The van der Waals surface area contributed by atoms with Gasteiger partial charge in [-0.2, -0.15) is 0 Å². The van der Waals surface area contributed by atoms with Crippen molar-refractivity contribution in [3.05, 3.63) is 71.8 Å². The minimum atomic E-state index is 0.492. The molecule has 0 aliphatic heterocycles. The van der Waals surface area contributed by atoms with Gasteiger partial charge < -0.3 is 9.68 Å². The normalized spacial score (nSPS) is 11.1. The van der Waals surface area contributed by atoms with Crippen LogP contribution in [0.2, 0.25) is 0 Å². The second kappa shape index (κ2) is 10.2. The lowest BCUT2D eigenvalue weighted by Gasteiger charge is -1.98. The average molecular weight is 296 g/mol. The van der Waals surface area contributed by atoms with Gasteiger partial charge in [0.2, 0.25) is 0 Å². The Morgan fingerprint density at radius 3 is 1.45 bits per heavy atom. The third-order valence-electron chi connectivity index (χ3n) is 2.87. The lowest BCUT2D eigenvalue weighted by molar-refractivity contribution is 0.130. The van der Waals surface area contributed by atoms with Crippen LogP contribution in [0.1, 0.15) is 24.0 Å². The molecular formula is C18H20N2O2. The van der Waals surface area contributed by atoms with Crippen molar-refractivity contribution in [2.24, 2.45) is 10.3 Å². The van der Waals surface area contributed by atoms with Crippen molar-refractivity contribution < 1.29 is 9.68 Å². The van der Waals surface area contributed by atoms with E-state index in [0.29, 0.717) is 13.2 Å². The van der Waals surface area contributed by atoms with Crippen molar-refractivity contribution in [1.29, 1.82) is 0 Å². The first-order valence-corrected chi connectivity index (χ1v) is 7.30. The van der Waals surface area contributed by atoms with Crippen LogP contribution in [0.5, 0.6) is 0 Å². The van der Waals surface area contributed by atoms with Crippen LogP contribution in [-0.4, -0.2) is 12.4 Å². The second-order valence-corrected chi connectivity index (χ2v) is 4.67. The summed E-state index contributed by atoms with van der Waals surface area (Å²) in [5, 5.41) is 7.81. The molecule has 0 aromatic heterocycles. The summed E-state index contributed by atoms with van der Waals surface area (Å²) in [7, 11) is 0. The van der Waals surface area contributed by atoms with E-state index in [1.165, 1.54) is 0 Å². The summed E-state index contributed by atoms with van der Waals surface area (Å²) in [6.07, 6.45) is 5.03. The van der Waals surface area contributed by atoms with Gasteiger partial charge in [0, 0.05) is 12.4 Å². The highest BCUT2D eigenvalue weighted by atomic mass is 16.6. The van der Waals surface area contributed by atoms with Crippen LogP contribution in [0, 0.1) is 0 Å². The van der Waals surface area contributed by atoms with E-state index in [-0.39, 0.29) is 0 Å². The minimum Gasteiger partial charge on any atom is -0.391 e. The van der Waals surface area contributed by atoms with E-state index in [1.54, 1.807) is 12.4 Å². The number of benzene rings is 2. The van der Waals surface area contributed by atoms with Gasteiger partial charge in [-0.3, -0.25) is 0 Å². The monoisotopic (exact) mass is 296 g/mol. The van der Waals surface area contributed by atoms with E-state index in [9.17, 15) is 0 Å². The van der Waals surface area contributed by atoms with Crippen molar-refractivity contribution in [1.82, 2.24) is 0 Å². The molecule has 0 fully saturated rings. The SMILES string of the molecule is C(/CC/C=N/OCc1ccccc1)=N\OCc1ccccc1. The quantitative estimate of drug-likeness (QED) is 0.396. The van der Waals surface area contributed by atoms with Crippen LogP contribution in [0.15, 0.2) is 71.0 Å². The van der Waals surface area contributed by atoms with E-state index in [2.05, 4.69) is 10.3 Å². The number of rotatable bonds is 9. The second-order valence-electron chi connectivity index (χ2n) is 4.67. The number of unbranched alkanes of at least 4 members (excludes halogenated alkanes) is 1. The molecule has 0 amide bonds. The van der Waals surface area contributed by atoms with E-state index in [0.717, 1.165) is 24.0 Å². The summed E-state index contributed by atoms with van der Waals surface area (Å²) in [5.41, 5.74) is 2.21. The molecule has 0 bridgehead atoms. The van der Waals surface area contributed by atoms with Crippen molar-refractivity contribution in [3.63, 3.8) is 0 Å². The minimum absolute atomic E-state index is 0.492. The van der Waals surface area contributed by atoms with Gasteiger partial charge in [0.05, 0.1) is 0 Å². The highest BCUT2D eigenvalue weighted by Crippen LogP contribution is 2.01. The zero-order valence-electron chi connectivity index (χ0n) is 12.5. The predicted octanol–water partition coefficient (Wildman–Crippen LogP) is 4.17. The first-order valence-electron chi connectivity index (χ1n) is 7.30. The molecule has 0 heterocycles. The van der Waals surface area contributed by atoms with Gasteiger partial charge in [0.1, 0.15) is 13.2 Å². The molecule has 0 radical (unpaired) electrons. The largest absolute Gasteiger partial charge is 0.391 e. The molecule has 2 aromatic carbocycles. The van der Waals surface area contributed by atoms with Gasteiger partial charge in [-0.1, -0.05) is 71.0 Å². The maximum absolute atomic E-state index is 5.20. The van der Waals surface area contributed by atoms with Gasteiger partial charge in [0.25, 0.3) is 0 Å². The summed E-state index contributed by atoms with van der Waals surface area (Å²) in [4.78, 5) is 10.4. The van der Waals surface area contributed by atoms with Crippen molar-refractivity contribution in [3.8, 4) is 0 Å². The molecule has 114 valence electrons. The lowest BCUT2D eigenvalue weighted by atomic mass is 10.2. The highest BCUT2D eigenvalue weighted by molar-refractivity contribution is 5.65. The Bertz CT molecular complexity index is 515. The zero-order chi connectivity index (χ0) is 15.3. The Balaban J connectivity index is 1.50. The predicted molar refractivity (Wildman–Crippen MR) is 88.7 cm³/mol. The molecule has 0 atom stereocenters.